The Kier molecular flexibility index (Phi) is 6.50. The van der Waals surface area contributed by atoms with Gasteiger partial charge in [0.1, 0.15) is 0 Å². The van der Waals surface area contributed by atoms with Crippen LogP contribution in [0.1, 0.15) is 59.3 Å². The molecule has 0 bridgehead atoms. The maximum atomic E-state index is 3.58. The molecule has 2 heteroatoms. The van der Waals surface area contributed by atoms with Crippen molar-refractivity contribution < 1.29 is 0 Å². The largest absolute Gasteiger partial charge is 0.316 e. The maximum absolute atomic E-state index is 3.58. The maximum Gasteiger partial charge on any atom is 0.00640 e. The fourth-order valence-corrected chi connectivity index (χ4v) is 3.23. The van der Waals surface area contributed by atoms with Crippen molar-refractivity contribution in [3.8, 4) is 0 Å². The van der Waals surface area contributed by atoms with Gasteiger partial charge in [-0.25, -0.2) is 0 Å². The fourth-order valence-electron chi connectivity index (χ4n) is 3.23. The number of hydrogen-bond donors (Lipinski definition) is 1. The van der Waals surface area contributed by atoms with Crippen molar-refractivity contribution in [2.24, 2.45) is 5.41 Å². The predicted octanol–water partition coefficient (Wildman–Crippen LogP) is 3.28. The molecule has 2 nitrogen and oxygen atoms in total. The summed E-state index contributed by atoms with van der Waals surface area (Å²) in [5.74, 6) is 0. The molecule has 0 amide bonds. The molecule has 0 aromatic heterocycles. The summed E-state index contributed by atoms with van der Waals surface area (Å²) < 4.78 is 0. The van der Waals surface area contributed by atoms with Crippen LogP contribution in [-0.4, -0.2) is 37.6 Å². The summed E-state index contributed by atoms with van der Waals surface area (Å²) in [6, 6.07) is 0.735. The third-order valence-corrected chi connectivity index (χ3v) is 4.46. The molecule has 0 radical (unpaired) electrons. The Morgan fingerprint density at radius 1 is 1.24 bits per heavy atom. The van der Waals surface area contributed by atoms with E-state index >= 15 is 0 Å². The van der Waals surface area contributed by atoms with Gasteiger partial charge in [-0.3, -0.25) is 0 Å². The summed E-state index contributed by atoms with van der Waals surface area (Å²) in [4.78, 5) is 2.59. The van der Waals surface area contributed by atoms with Crippen molar-refractivity contribution in [3.63, 3.8) is 0 Å². The zero-order valence-electron chi connectivity index (χ0n) is 12.4. The van der Waals surface area contributed by atoms with Gasteiger partial charge in [-0.2, -0.15) is 0 Å². The third-order valence-electron chi connectivity index (χ3n) is 4.46. The van der Waals surface area contributed by atoms with Crippen LogP contribution < -0.4 is 5.32 Å². The molecular weight excluding hydrogens is 208 g/mol. The minimum absolute atomic E-state index is 0.562. The van der Waals surface area contributed by atoms with Crippen molar-refractivity contribution >= 4 is 0 Å². The van der Waals surface area contributed by atoms with E-state index < -0.39 is 0 Å². The smallest absolute Gasteiger partial charge is 0.00640 e. The minimum Gasteiger partial charge on any atom is -0.316 e. The molecule has 0 saturated heterocycles. The SMILES string of the molecule is CCCC(C)N(C)CC1(CNCC)CCCC1. The lowest BCUT2D eigenvalue weighted by atomic mass is 9.85. The molecule has 1 rings (SSSR count). The van der Waals surface area contributed by atoms with Crippen molar-refractivity contribution in [2.75, 3.05) is 26.7 Å². The van der Waals surface area contributed by atoms with Crippen molar-refractivity contribution in [1.82, 2.24) is 10.2 Å². The molecule has 17 heavy (non-hydrogen) atoms. The quantitative estimate of drug-likeness (QED) is 0.700. The molecule has 1 aliphatic rings. The van der Waals surface area contributed by atoms with Crippen LogP contribution in [0.15, 0.2) is 0 Å². The molecule has 0 spiro atoms. The van der Waals surface area contributed by atoms with Gasteiger partial charge in [0.15, 0.2) is 0 Å². The van der Waals surface area contributed by atoms with Gasteiger partial charge < -0.3 is 10.2 Å². The highest BCUT2D eigenvalue weighted by Gasteiger charge is 2.34. The second-order valence-corrected chi connectivity index (χ2v) is 6.04. The van der Waals surface area contributed by atoms with E-state index in [0.29, 0.717) is 5.41 Å². The van der Waals surface area contributed by atoms with Gasteiger partial charge >= 0.3 is 0 Å². The van der Waals surface area contributed by atoms with Crippen LogP contribution in [0, 0.1) is 5.41 Å². The molecule has 1 aliphatic carbocycles. The lowest BCUT2D eigenvalue weighted by Crippen LogP contribution is -2.44. The molecule has 0 aromatic carbocycles. The fraction of sp³-hybridized carbons (Fsp3) is 1.00. The van der Waals surface area contributed by atoms with Crippen molar-refractivity contribution in [2.45, 2.75) is 65.3 Å². The molecule has 1 N–H and O–H groups in total. The number of hydrogen-bond acceptors (Lipinski definition) is 2. The summed E-state index contributed by atoms with van der Waals surface area (Å²) in [5.41, 5.74) is 0.562. The lowest BCUT2D eigenvalue weighted by Gasteiger charge is -2.36. The van der Waals surface area contributed by atoms with Gasteiger partial charge in [0.2, 0.25) is 0 Å². The first kappa shape index (κ1) is 15.0. The zero-order valence-corrected chi connectivity index (χ0v) is 12.4. The normalized spacial score (nSPS) is 21.0. The summed E-state index contributed by atoms with van der Waals surface area (Å²) in [6.07, 6.45) is 8.33. The highest BCUT2D eigenvalue weighted by atomic mass is 15.1. The third kappa shape index (κ3) is 4.59. The van der Waals surface area contributed by atoms with Crippen LogP contribution in [0.2, 0.25) is 0 Å². The Morgan fingerprint density at radius 2 is 1.88 bits per heavy atom. The van der Waals surface area contributed by atoms with Gasteiger partial charge in [0, 0.05) is 19.1 Å². The van der Waals surface area contributed by atoms with Crippen molar-refractivity contribution in [1.29, 1.82) is 0 Å². The average molecular weight is 240 g/mol. The molecular formula is C15H32N2. The Morgan fingerprint density at radius 3 is 2.41 bits per heavy atom. The van der Waals surface area contributed by atoms with Gasteiger partial charge in [0.05, 0.1) is 0 Å². The Labute approximate surface area is 108 Å². The number of rotatable bonds is 8. The lowest BCUT2D eigenvalue weighted by molar-refractivity contribution is 0.137. The summed E-state index contributed by atoms with van der Waals surface area (Å²) in [5, 5.41) is 3.58. The molecule has 1 fully saturated rings. The van der Waals surface area contributed by atoms with E-state index in [9.17, 15) is 0 Å². The van der Waals surface area contributed by atoms with E-state index in [1.54, 1.807) is 0 Å². The summed E-state index contributed by atoms with van der Waals surface area (Å²) in [6.45, 7) is 10.5. The van der Waals surface area contributed by atoms with Gasteiger partial charge in [-0.1, -0.05) is 33.1 Å². The first-order chi connectivity index (χ1) is 8.13. The highest BCUT2D eigenvalue weighted by Crippen LogP contribution is 2.38. The standard InChI is InChI=1S/C15H32N2/c1-5-9-14(3)17(4)13-15(12-16-6-2)10-7-8-11-15/h14,16H,5-13H2,1-4H3. The van der Waals surface area contributed by atoms with Crippen LogP contribution in [0.3, 0.4) is 0 Å². The van der Waals surface area contributed by atoms with E-state index in [2.05, 4.69) is 38.0 Å². The molecule has 0 aliphatic heterocycles. The van der Waals surface area contributed by atoms with E-state index in [4.69, 9.17) is 0 Å². The first-order valence-electron chi connectivity index (χ1n) is 7.54. The van der Waals surface area contributed by atoms with Gasteiger partial charge in [0.25, 0.3) is 0 Å². The summed E-state index contributed by atoms with van der Waals surface area (Å²) in [7, 11) is 2.31. The molecule has 0 aromatic rings. The average Bonchev–Trinajstić information content (AvgIpc) is 2.76. The molecule has 1 atom stereocenters. The zero-order chi connectivity index (χ0) is 12.7. The van der Waals surface area contributed by atoms with E-state index in [1.165, 1.54) is 51.6 Å². The molecule has 0 heterocycles. The second kappa shape index (κ2) is 7.38. The van der Waals surface area contributed by atoms with Crippen LogP contribution in [0.5, 0.6) is 0 Å². The van der Waals surface area contributed by atoms with E-state index in [1.807, 2.05) is 0 Å². The van der Waals surface area contributed by atoms with Crippen LogP contribution in [0.4, 0.5) is 0 Å². The Bertz CT molecular complexity index is 197. The predicted molar refractivity (Wildman–Crippen MR) is 76.4 cm³/mol. The molecule has 102 valence electrons. The van der Waals surface area contributed by atoms with Crippen molar-refractivity contribution in [3.05, 3.63) is 0 Å². The van der Waals surface area contributed by atoms with E-state index in [0.717, 1.165) is 12.6 Å². The second-order valence-electron chi connectivity index (χ2n) is 6.04. The highest BCUT2D eigenvalue weighted by molar-refractivity contribution is 4.89. The first-order valence-corrected chi connectivity index (χ1v) is 7.54. The van der Waals surface area contributed by atoms with Crippen LogP contribution in [0.25, 0.3) is 0 Å². The monoisotopic (exact) mass is 240 g/mol. The Hall–Kier alpha value is -0.0800. The van der Waals surface area contributed by atoms with Gasteiger partial charge in [-0.15, -0.1) is 0 Å². The van der Waals surface area contributed by atoms with Crippen LogP contribution >= 0.6 is 0 Å². The molecule has 1 saturated carbocycles. The molecule has 1 unspecified atom stereocenters. The number of nitrogens with zero attached hydrogens (tertiary/aromatic N) is 1. The van der Waals surface area contributed by atoms with Gasteiger partial charge in [-0.05, 0) is 45.2 Å². The minimum atomic E-state index is 0.562. The van der Waals surface area contributed by atoms with E-state index in [-0.39, 0.29) is 0 Å². The number of nitrogens with one attached hydrogen (secondary N) is 1. The Balaban J connectivity index is 2.48. The topological polar surface area (TPSA) is 15.3 Å². The van der Waals surface area contributed by atoms with Crippen LogP contribution in [-0.2, 0) is 0 Å². The summed E-state index contributed by atoms with van der Waals surface area (Å²) >= 11 is 0.